The molecule has 0 aliphatic rings. The topological polar surface area (TPSA) is 37.9 Å². The Labute approximate surface area is 148 Å². The summed E-state index contributed by atoms with van der Waals surface area (Å²) in [4.78, 5) is 8.25. The van der Waals surface area contributed by atoms with Crippen molar-refractivity contribution in [2.24, 2.45) is 9.98 Å². The third kappa shape index (κ3) is 4.27. The van der Waals surface area contributed by atoms with Crippen molar-refractivity contribution in [3.05, 3.63) is 83.3 Å². The molecule has 0 saturated carbocycles. The van der Waals surface area contributed by atoms with E-state index in [1.165, 1.54) is 24.4 Å². The van der Waals surface area contributed by atoms with Crippen LogP contribution >= 0.6 is 0 Å². The summed E-state index contributed by atoms with van der Waals surface area (Å²) >= 11 is 0. The third-order valence-electron chi connectivity index (χ3n) is 3.63. The molecule has 0 bridgehead atoms. The maximum atomic E-state index is 13.0. The van der Waals surface area contributed by atoms with E-state index in [0.717, 1.165) is 17.3 Å². The van der Waals surface area contributed by atoms with Crippen molar-refractivity contribution >= 4 is 23.8 Å². The molecule has 0 saturated heterocycles. The highest BCUT2D eigenvalue weighted by Gasteiger charge is 2.32. The van der Waals surface area contributed by atoms with Crippen LogP contribution < -0.4 is 0 Å². The van der Waals surface area contributed by atoms with Crippen LogP contribution in [-0.4, -0.2) is 12.4 Å². The van der Waals surface area contributed by atoms with Crippen molar-refractivity contribution in [2.45, 2.75) is 13.1 Å². The fourth-order valence-corrected chi connectivity index (χ4v) is 2.31. The summed E-state index contributed by atoms with van der Waals surface area (Å²) in [5, 5.41) is 0. The van der Waals surface area contributed by atoms with Crippen LogP contribution in [0.15, 0.2) is 75.1 Å². The van der Waals surface area contributed by atoms with E-state index in [1.54, 1.807) is 18.3 Å². The van der Waals surface area contributed by atoms with E-state index in [9.17, 15) is 13.2 Å². The summed E-state index contributed by atoms with van der Waals surface area (Å²) in [7, 11) is 0. The van der Waals surface area contributed by atoms with Gasteiger partial charge in [0.2, 0.25) is 0 Å². The van der Waals surface area contributed by atoms with E-state index < -0.39 is 11.7 Å². The Kier molecular flexibility index (Phi) is 5.02. The van der Waals surface area contributed by atoms with Gasteiger partial charge < -0.3 is 4.42 Å². The first kappa shape index (κ1) is 17.7. The lowest BCUT2D eigenvalue weighted by molar-refractivity contribution is -0.137. The van der Waals surface area contributed by atoms with Gasteiger partial charge >= 0.3 is 6.18 Å². The molecule has 3 rings (SSSR count). The molecule has 0 atom stereocenters. The smallest absolute Gasteiger partial charge is 0.418 e. The Morgan fingerprint density at radius 2 is 1.31 bits per heavy atom. The van der Waals surface area contributed by atoms with Gasteiger partial charge in [-0.15, -0.1) is 0 Å². The van der Waals surface area contributed by atoms with Crippen molar-refractivity contribution in [1.29, 1.82) is 0 Å². The van der Waals surface area contributed by atoms with E-state index in [1.807, 2.05) is 31.2 Å². The van der Waals surface area contributed by atoms with Crippen molar-refractivity contribution in [1.82, 2.24) is 0 Å². The molecule has 0 amide bonds. The molecule has 0 fully saturated rings. The van der Waals surface area contributed by atoms with Gasteiger partial charge in [-0.2, -0.15) is 13.2 Å². The lowest BCUT2D eigenvalue weighted by atomic mass is 10.2. The van der Waals surface area contributed by atoms with Crippen LogP contribution in [0.1, 0.15) is 22.6 Å². The lowest BCUT2D eigenvalue weighted by Gasteiger charge is -2.08. The SMILES string of the molecule is Cc1ccccc1N=Cc1ccc(C=Nc2ccccc2C(F)(F)F)o1. The zero-order valence-electron chi connectivity index (χ0n) is 13.9. The Balaban J connectivity index is 1.77. The van der Waals surface area contributed by atoms with E-state index in [0.29, 0.717) is 11.5 Å². The first-order chi connectivity index (χ1) is 12.4. The number of furan rings is 1. The van der Waals surface area contributed by atoms with Gasteiger partial charge in [-0.3, -0.25) is 9.98 Å². The second-order valence-electron chi connectivity index (χ2n) is 5.56. The van der Waals surface area contributed by atoms with Crippen LogP contribution in [-0.2, 0) is 6.18 Å². The van der Waals surface area contributed by atoms with Gasteiger partial charge in [-0.25, -0.2) is 0 Å². The van der Waals surface area contributed by atoms with Crippen molar-refractivity contribution in [3.8, 4) is 0 Å². The molecule has 0 aliphatic heterocycles. The summed E-state index contributed by atoms with van der Waals surface area (Å²) in [6.07, 6.45) is -1.64. The molecule has 0 aliphatic carbocycles. The van der Waals surface area contributed by atoms with E-state index in [2.05, 4.69) is 9.98 Å². The van der Waals surface area contributed by atoms with E-state index in [-0.39, 0.29) is 5.69 Å². The molecule has 2 aromatic carbocycles. The second kappa shape index (κ2) is 7.39. The quantitative estimate of drug-likeness (QED) is 0.520. The maximum absolute atomic E-state index is 13.0. The van der Waals surface area contributed by atoms with Crippen LogP contribution in [0.25, 0.3) is 0 Å². The van der Waals surface area contributed by atoms with Crippen LogP contribution in [0.5, 0.6) is 0 Å². The van der Waals surface area contributed by atoms with Gasteiger partial charge in [0.15, 0.2) is 0 Å². The number of hydrogen-bond donors (Lipinski definition) is 0. The van der Waals surface area contributed by atoms with Gasteiger partial charge in [0.05, 0.1) is 29.4 Å². The molecule has 3 aromatic rings. The number of benzene rings is 2. The predicted octanol–water partition coefficient (Wildman–Crippen LogP) is 6.11. The normalized spacial score (nSPS) is 12.3. The van der Waals surface area contributed by atoms with Gasteiger partial charge in [0.1, 0.15) is 11.5 Å². The summed E-state index contributed by atoms with van der Waals surface area (Å²) in [6, 6.07) is 16.1. The molecule has 0 radical (unpaired) electrons. The van der Waals surface area contributed by atoms with E-state index >= 15 is 0 Å². The molecule has 1 aromatic heterocycles. The Hall–Kier alpha value is -3.15. The van der Waals surface area contributed by atoms with Crippen molar-refractivity contribution < 1.29 is 17.6 Å². The Morgan fingerprint density at radius 3 is 1.92 bits per heavy atom. The molecule has 6 heteroatoms. The average Bonchev–Trinajstić information content (AvgIpc) is 3.07. The maximum Gasteiger partial charge on any atom is 0.418 e. The number of hydrogen-bond acceptors (Lipinski definition) is 3. The van der Waals surface area contributed by atoms with Crippen molar-refractivity contribution in [3.63, 3.8) is 0 Å². The van der Waals surface area contributed by atoms with Crippen LogP contribution in [0, 0.1) is 6.92 Å². The van der Waals surface area contributed by atoms with Crippen LogP contribution in [0.4, 0.5) is 24.5 Å². The fourth-order valence-electron chi connectivity index (χ4n) is 2.31. The Bertz CT molecular complexity index is 955. The third-order valence-corrected chi connectivity index (χ3v) is 3.63. The predicted molar refractivity (Wildman–Crippen MR) is 95.8 cm³/mol. The Morgan fingerprint density at radius 1 is 0.769 bits per heavy atom. The molecule has 0 unspecified atom stereocenters. The summed E-state index contributed by atoms with van der Waals surface area (Å²) in [6.45, 7) is 1.95. The standard InChI is InChI=1S/C20H15F3N2O/c1-14-6-2-4-8-18(14)24-12-15-10-11-16(26-15)13-25-19-9-5-3-7-17(19)20(21,22)23/h2-13H,1H3. The highest BCUT2D eigenvalue weighted by atomic mass is 19.4. The molecule has 3 nitrogen and oxygen atoms in total. The first-order valence-electron chi connectivity index (χ1n) is 7.83. The van der Waals surface area contributed by atoms with Gasteiger partial charge in [0, 0.05) is 0 Å². The zero-order chi connectivity index (χ0) is 18.6. The molecule has 132 valence electrons. The number of para-hydroxylation sites is 2. The second-order valence-corrected chi connectivity index (χ2v) is 5.56. The minimum absolute atomic E-state index is 0.161. The summed E-state index contributed by atoms with van der Waals surface area (Å²) in [5.41, 5.74) is 0.898. The largest absolute Gasteiger partial charge is 0.454 e. The first-order valence-corrected chi connectivity index (χ1v) is 7.83. The molecular weight excluding hydrogens is 341 g/mol. The number of aliphatic imine (C=N–C) groups is 2. The number of nitrogens with zero attached hydrogens (tertiary/aromatic N) is 2. The van der Waals surface area contributed by atoms with E-state index in [4.69, 9.17) is 4.42 Å². The highest BCUT2D eigenvalue weighted by Crippen LogP contribution is 2.35. The minimum atomic E-state index is -4.46. The number of aryl methyl sites for hydroxylation is 1. The number of halogens is 3. The number of alkyl halides is 3. The molecule has 1 heterocycles. The lowest BCUT2D eigenvalue weighted by Crippen LogP contribution is -2.04. The van der Waals surface area contributed by atoms with Crippen LogP contribution in [0.3, 0.4) is 0 Å². The monoisotopic (exact) mass is 356 g/mol. The molecule has 26 heavy (non-hydrogen) atoms. The highest BCUT2D eigenvalue weighted by molar-refractivity contribution is 5.83. The van der Waals surface area contributed by atoms with Gasteiger partial charge in [-0.1, -0.05) is 30.3 Å². The zero-order valence-corrected chi connectivity index (χ0v) is 13.9. The molecular formula is C20H15F3N2O. The summed E-state index contributed by atoms with van der Waals surface area (Å²) < 4.78 is 44.4. The average molecular weight is 356 g/mol. The van der Waals surface area contributed by atoms with Gasteiger partial charge in [0.25, 0.3) is 0 Å². The molecule has 0 spiro atoms. The molecule has 0 N–H and O–H groups in total. The number of rotatable bonds is 4. The summed E-state index contributed by atoms with van der Waals surface area (Å²) in [5.74, 6) is 0.826. The fraction of sp³-hybridized carbons (Fsp3) is 0.100. The van der Waals surface area contributed by atoms with Crippen molar-refractivity contribution in [2.75, 3.05) is 0 Å². The van der Waals surface area contributed by atoms with Gasteiger partial charge in [-0.05, 0) is 42.8 Å². The minimum Gasteiger partial charge on any atom is -0.454 e. The van der Waals surface area contributed by atoms with Crippen LogP contribution in [0.2, 0.25) is 0 Å².